The molecule has 0 saturated carbocycles. The molecule has 108 valence electrons. The summed E-state index contributed by atoms with van der Waals surface area (Å²) >= 11 is 0. The first-order chi connectivity index (χ1) is 8.47. The first-order valence-electron chi connectivity index (χ1n) is 7.95. The molecule has 1 heterocycles. The summed E-state index contributed by atoms with van der Waals surface area (Å²) in [6, 6.07) is 1.33. The maximum atomic E-state index is 3.86. The molecule has 1 fully saturated rings. The lowest BCUT2D eigenvalue weighted by Crippen LogP contribution is -2.44. The van der Waals surface area contributed by atoms with Crippen LogP contribution in [0.25, 0.3) is 0 Å². The standard InChI is InChI=1S/C16H34N2/c1-13(2)10-16(11-14(3)4)17-15(5)12-18-8-6-7-9-18/h13-17H,6-12H2,1-5H3. The smallest absolute Gasteiger partial charge is 0.0169 e. The van der Waals surface area contributed by atoms with Gasteiger partial charge in [0, 0.05) is 18.6 Å². The number of rotatable bonds is 8. The van der Waals surface area contributed by atoms with Crippen LogP contribution in [-0.2, 0) is 0 Å². The zero-order valence-corrected chi connectivity index (χ0v) is 13.2. The Hall–Kier alpha value is -0.0800. The lowest BCUT2D eigenvalue weighted by Gasteiger charge is -2.28. The number of likely N-dealkylation sites (tertiary alicyclic amines) is 1. The molecule has 18 heavy (non-hydrogen) atoms. The topological polar surface area (TPSA) is 15.3 Å². The molecule has 1 rings (SSSR count). The normalized spacial score (nSPS) is 19.3. The van der Waals surface area contributed by atoms with E-state index in [9.17, 15) is 0 Å². The van der Waals surface area contributed by atoms with Crippen LogP contribution >= 0.6 is 0 Å². The molecule has 0 aromatic heterocycles. The van der Waals surface area contributed by atoms with E-state index in [0.717, 1.165) is 11.8 Å². The number of hydrogen-bond acceptors (Lipinski definition) is 2. The fraction of sp³-hybridized carbons (Fsp3) is 1.00. The van der Waals surface area contributed by atoms with E-state index < -0.39 is 0 Å². The lowest BCUT2D eigenvalue weighted by atomic mass is 9.95. The minimum absolute atomic E-state index is 0.630. The average molecular weight is 254 g/mol. The highest BCUT2D eigenvalue weighted by Crippen LogP contribution is 2.15. The Labute approximate surface area is 115 Å². The van der Waals surface area contributed by atoms with Gasteiger partial charge in [0.1, 0.15) is 0 Å². The van der Waals surface area contributed by atoms with Gasteiger partial charge in [-0.05, 0) is 57.5 Å². The molecule has 1 aliphatic rings. The average Bonchev–Trinajstić information content (AvgIpc) is 2.67. The van der Waals surface area contributed by atoms with Gasteiger partial charge in [-0.25, -0.2) is 0 Å². The number of hydrogen-bond donors (Lipinski definition) is 1. The Morgan fingerprint density at radius 2 is 1.39 bits per heavy atom. The molecule has 0 radical (unpaired) electrons. The Morgan fingerprint density at radius 1 is 0.889 bits per heavy atom. The van der Waals surface area contributed by atoms with Gasteiger partial charge < -0.3 is 10.2 Å². The Morgan fingerprint density at radius 3 is 1.83 bits per heavy atom. The SMILES string of the molecule is CC(C)CC(CC(C)C)NC(C)CN1CCCC1. The highest BCUT2D eigenvalue weighted by atomic mass is 15.2. The molecule has 0 aliphatic carbocycles. The van der Waals surface area contributed by atoms with E-state index in [4.69, 9.17) is 0 Å². The summed E-state index contributed by atoms with van der Waals surface area (Å²) in [4.78, 5) is 2.61. The van der Waals surface area contributed by atoms with Crippen LogP contribution in [0.2, 0.25) is 0 Å². The Kier molecular flexibility index (Phi) is 7.25. The van der Waals surface area contributed by atoms with E-state index in [2.05, 4.69) is 44.8 Å². The first-order valence-corrected chi connectivity index (χ1v) is 7.95. The molecule has 0 aromatic carbocycles. The summed E-state index contributed by atoms with van der Waals surface area (Å²) in [5.74, 6) is 1.58. The molecule has 0 aromatic rings. The lowest BCUT2D eigenvalue weighted by molar-refractivity contribution is 0.263. The molecule has 1 aliphatic heterocycles. The van der Waals surface area contributed by atoms with Crippen LogP contribution in [0.4, 0.5) is 0 Å². The first kappa shape index (κ1) is 16.0. The fourth-order valence-electron chi connectivity index (χ4n) is 3.18. The molecule has 2 nitrogen and oxygen atoms in total. The molecule has 2 heteroatoms. The van der Waals surface area contributed by atoms with Crippen LogP contribution in [0.5, 0.6) is 0 Å². The molecule has 1 saturated heterocycles. The summed E-state index contributed by atoms with van der Waals surface area (Å²) in [6.07, 6.45) is 5.41. The summed E-state index contributed by atoms with van der Waals surface area (Å²) in [5.41, 5.74) is 0. The Balaban J connectivity index is 2.32. The zero-order valence-electron chi connectivity index (χ0n) is 13.2. The van der Waals surface area contributed by atoms with Crippen molar-refractivity contribution < 1.29 is 0 Å². The van der Waals surface area contributed by atoms with E-state index >= 15 is 0 Å². The van der Waals surface area contributed by atoms with Crippen molar-refractivity contribution in [1.82, 2.24) is 10.2 Å². The monoisotopic (exact) mass is 254 g/mol. The van der Waals surface area contributed by atoms with Crippen LogP contribution in [0.1, 0.15) is 60.3 Å². The van der Waals surface area contributed by atoms with Crippen molar-refractivity contribution in [2.45, 2.75) is 72.4 Å². The molecule has 1 atom stereocenters. The molecule has 0 amide bonds. The van der Waals surface area contributed by atoms with Gasteiger partial charge in [-0.3, -0.25) is 0 Å². The van der Waals surface area contributed by atoms with Crippen LogP contribution in [0.3, 0.4) is 0 Å². The zero-order chi connectivity index (χ0) is 13.5. The van der Waals surface area contributed by atoms with Gasteiger partial charge in [0.2, 0.25) is 0 Å². The number of nitrogens with zero attached hydrogens (tertiary/aromatic N) is 1. The van der Waals surface area contributed by atoms with Crippen molar-refractivity contribution in [1.29, 1.82) is 0 Å². The van der Waals surface area contributed by atoms with Gasteiger partial charge in [0.15, 0.2) is 0 Å². The van der Waals surface area contributed by atoms with Crippen molar-refractivity contribution in [2.24, 2.45) is 11.8 Å². The third kappa shape index (κ3) is 6.75. The molecular formula is C16H34N2. The third-order valence-electron chi connectivity index (χ3n) is 3.76. The van der Waals surface area contributed by atoms with Crippen molar-refractivity contribution in [3.05, 3.63) is 0 Å². The van der Waals surface area contributed by atoms with Gasteiger partial charge in [0.05, 0.1) is 0 Å². The second kappa shape index (κ2) is 8.16. The summed E-state index contributed by atoms with van der Waals surface area (Å²) in [5, 5.41) is 3.86. The predicted molar refractivity (Wildman–Crippen MR) is 81.0 cm³/mol. The maximum absolute atomic E-state index is 3.86. The highest BCUT2D eigenvalue weighted by molar-refractivity contribution is 4.78. The van der Waals surface area contributed by atoms with Crippen LogP contribution in [0.15, 0.2) is 0 Å². The van der Waals surface area contributed by atoms with E-state index in [-0.39, 0.29) is 0 Å². The quantitative estimate of drug-likeness (QED) is 0.713. The third-order valence-corrected chi connectivity index (χ3v) is 3.76. The van der Waals surface area contributed by atoms with Crippen LogP contribution in [0, 0.1) is 11.8 Å². The fourth-order valence-corrected chi connectivity index (χ4v) is 3.18. The van der Waals surface area contributed by atoms with E-state index in [1.165, 1.54) is 45.3 Å². The molecule has 0 bridgehead atoms. The second-order valence-corrected chi connectivity index (χ2v) is 7.03. The van der Waals surface area contributed by atoms with E-state index in [1.807, 2.05) is 0 Å². The Bertz CT molecular complexity index is 197. The summed E-state index contributed by atoms with van der Waals surface area (Å²) < 4.78 is 0. The molecule has 0 spiro atoms. The summed E-state index contributed by atoms with van der Waals surface area (Å²) in [7, 11) is 0. The van der Waals surface area contributed by atoms with Crippen LogP contribution < -0.4 is 5.32 Å². The highest BCUT2D eigenvalue weighted by Gasteiger charge is 2.18. The van der Waals surface area contributed by atoms with E-state index in [1.54, 1.807) is 0 Å². The van der Waals surface area contributed by atoms with Crippen molar-refractivity contribution in [3.63, 3.8) is 0 Å². The molecule has 1 unspecified atom stereocenters. The van der Waals surface area contributed by atoms with Crippen molar-refractivity contribution in [3.8, 4) is 0 Å². The predicted octanol–water partition coefficient (Wildman–Crippen LogP) is 3.52. The van der Waals surface area contributed by atoms with Gasteiger partial charge in [-0.1, -0.05) is 27.7 Å². The molecular weight excluding hydrogens is 220 g/mol. The largest absolute Gasteiger partial charge is 0.310 e. The minimum atomic E-state index is 0.630. The van der Waals surface area contributed by atoms with Crippen LogP contribution in [-0.4, -0.2) is 36.6 Å². The van der Waals surface area contributed by atoms with Gasteiger partial charge in [-0.2, -0.15) is 0 Å². The van der Waals surface area contributed by atoms with Gasteiger partial charge in [-0.15, -0.1) is 0 Å². The van der Waals surface area contributed by atoms with E-state index in [0.29, 0.717) is 12.1 Å². The summed E-state index contributed by atoms with van der Waals surface area (Å²) in [6.45, 7) is 15.5. The van der Waals surface area contributed by atoms with Gasteiger partial charge in [0.25, 0.3) is 0 Å². The maximum Gasteiger partial charge on any atom is 0.0169 e. The minimum Gasteiger partial charge on any atom is -0.310 e. The number of nitrogens with one attached hydrogen (secondary N) is 1. The van der Waals surface area contributed by atoms with Crippen molar-refractivity contribution in [2.75, 3.05) is 19.6 Å². The molecule has 1 N–H and O–H groups in total. The van der Waals surface area contributed by atoms with Gasteiger partial charge >= 0.3 is 0 Å². The second-order valence-electron chi connectivity index (χ2n) is 7.03. The van der Waals surface area contributed by atoms with Crippen molar-refractivity contribution >= 4 is 0 Å².